The third-order valence-electron chi connectivity index (χ3n) is 4.99. The van der Waals surface area contributed by atoms with Crippen LogP contribution in [-0.4, -0.2) is 15.7 Å². The molecule has 1 heterocycles. The summed E-state index contributed by atoms with van der Waals surface area (Å²) in [4.78, 5) is 26.5. The number of nitrogens with two attached hydrogens (primary N) is 1. The first-order chi connectivity index (χ1) is 15.0. The van der Waals surface area contributed by atoms with Gasteiger partial charge in [-0.2, -0.15) is 5.26 Å². The lowest BCUT2D eigenvalue weighted by atomic mass is 9.96. The number of nitrogen functional groups attached to an aromatic ring is 1. The number of nitro benzene ring substituents is 1. The smallest absolute Gasteiger partial charge is 0.269 e. The van der Waals surface area contributed by atoms with Gasteiger partial charge in [-0.3, -0.25) is 14.9 Å². The van der Waals surface area contributed by atoms with Gasteiger partial charge in [0.05, 0.1) is 10.6 Å². The van der Waals surface area contributed by atoms with Crippen LogP contribution in [-0.2, 0) is 0 Å². The summed E-state index contributed by atoms with van der Waals surface area (Å²) in [5, 5.41) is 20.5. The fourth-order valence-electron chi connectivity index (χ4n) is 3.43. The SMILES string of the molecule is N#Cc1c(N)[nH]c(C(=O)c2ccc(-c3ccccc3)cc2)c1-c1ccc([N+](=O)[O-])cc1. The number of carbonyl (C=O) groups is 1. The number of nitriles is 1. The predicted molar refractivity (Wildman–Crippen MR) is 117 cm³/mol. The van der Waals surface area contributed by atoms with Crippen molar-refractivity contribution in [1.82, 2.24) is 4.98 Å². The third kappa shape index (κ3) is 3.66. The molecule has 0 spiro atoms. The van der Waals surface area contributed by atoms with Crippen LogP contribution >= 0.6 is 0 Å². The Kier molecular flexibility index (Phi) is 5.04. The number of aromatic amines is 1. The topological polar surface area (TPSA) is 126 Å². The van der Waals surface area contributed by atoms with Crippen molar-refractivity contribution in [2.75, 3.05) is 5.73 Å². The quantitative estimate of drug-likeness (QED) is 0.275. The Morgan fingerprint density at radius 2 is 1.48 bits per heavy atom. The van der Waals surface area contributed by atoms with Gasteiger partial charge >= 0.3 is 0 Å². The molecule has 4 rings (SSSR count). The summed E-state index contributed by atoms with van der Waals surface area (Å²) in [5.74, 6) is -0.263. The van der Waals surface area contributed by atoms with E-state index in [2.05, 4.69) is 4.98 Å². The van der Waals surface area contributed by atoms with Crippen molar-refractivity contribution in [3.63, 3.8) is 0 Å². The summed E-state index contributed by atoms with van der Waals surface area (Å²) < 4.78 is 0. The zero-order valence-electron chi connectivity index (χ0n) is 16.2. The monoisotopic (exact) mass is 408 g/mol. The molecule has 1 aromatic heterocycles. The molecular formula is C24H16N4O3. The molecule has 0 aliphatic heterocycles. The van der Waals surface area contributed by atoms with Crippen molar-refractivity contribution >= 4 is 17.3 Å². The molecule has 31 heavy (non-hydrogen) atoms. The zero-order chi connectivity index (χ0) is 22.0. The summed E-state index contributed by atoms with van der Waals surface area (Å²) in [6.45, 7) is 0. The number of non-ortho nitro benzene ring substituents is 1. The predicted octanol–water partition coefficient (Wildman–Crippen LogP) is 4.94. The largest absolute Gasteiger partial charge is 0.384 e. The van der Waals surface area contributed by atoms with E-state index in [4.69, 9.17) is 5.73 Å². The van der Waals surface area contributed by atoms with Crippen LogP contribution in [0.15, 0.2) is 78.9 Å². The summed E-state index contributed by atoms with van der Waals surface area (Å²) >= 11 is 0. The molecule has 0 unspecified atom stereocenters. The Bertz CT molecular complexity index is 1320. The second-order valence-electron chi connectivity index (χ2n) is 6.85. The van der Waals surface area contributed by atoms with Crippen molar-refractivity contribution in [1.29, 1.82) is 5.26 Å². The maximum Gasteiger partial charge on any atom is 0.269 e. The fraction of sp³-hybridized carbons (Fsp3) is 0. The van der Waals surface area contributed by atoms with Gasteiger partial charge in [0.15, 0.2) is 0 Å². The van der Waals surface area contributed by atoms with E-state index < -0.39 is 4.92 Å². The first kappa shape index (κ1) is 19.6. The highest BCUT2D eigenvalue weighted by molar-refractivity contribution is 6.13. The molecule has 0 amide bonds. The van der Waals surface area contributed by atoms with Gasteiger partial charge in [0.25, 0.3) is 5.69 Å². The Hall–Kier alpha value is -4.70. The number of anilines is 1. The number of benzene rings is 3. The molecule has 150 valence electrons. The summed E-state index contributed by atoms with van der Waals surface area (Å²) in [7, 11) is 0. The number of nitro groups is 1. The van der Waals surface area contributed by atoms with E-state index in [1.165, 1.54) is 24.3 Å². The van der Waals surface area contributed by atoms with Gasteiger partial charge in [0.2, 0.25) is 5.78 Å². The summed E-state index contributed by atoms with van der Waals surface area (Å²) in [6.07, 6.45) is 0. The maximum atomic E-state index is 13.2. The lowest BCUT2D eigenvalue weighted by Gasteiger charge is -2.06. The molecule has 0 aliphatic carbocycles. The minimum Gasteiger partial charge on any atom is -0.384 e. The van der Waals surface area contributed by atoms with E-state index >= 15 is 0 Å². The molecule has 7 nitrogen and oxygen atoms in total. The molecule has 0 fully saturated rings. The van der Waals surface area contributed by atoms with Gasteiger partial charge in [-0.25, -0.2) is 0 Å². The van der Waals surface area contributed by atoms with E-state index in [0.29, 0.717) is 16.7 Å². The molecule has 7 heteroatoms. The molecule has 0 bridgehead atoms. The number of carbonyl (C=O) groups excluding carboxylic acids is 1. The van der Waals surface area contributed by atoms with Crippen molar-refractivity contribution in [3.05, 3.63) is 106 Å². The van der Waals surface area contributed by atoms with Gasteiger partial charge < -0.3 is 10.7 Å². The van der Waals surface area contributed by atoms with Crippen LogP contribution < -0.4 is 5.73 Å². The Morgan fingerprint density at radius 3 is 2.06 bits per heavy atom. The maximum absolute atomic E-state index is 13.2. The molecule has 0 atom stereocenters. The Morgan fingerprint density at radius 1 is 0.903 bits per heavy atom. The van der Waals surface area contributed by atoms with E-state index in [-0.39, 0.29) is 28.5 Å². The molecular weight excluding hydrogens is 392 g/mol. The number of rotatable bonds is 5. The van der Waals surface area contributed by atoms with Crippen LogP contribution in [0.3, 0.4) is 0 Å². The number of nitrogens with zero attached hydrogens (tertiary/aromatic N) is 2. The molecule has 3 aromatic carbocycles. The highest BCUT2D eigenvalue weighted by Gasteiger charge is 2.24. The van der Waals surface area contributed by atoms with Crippen LogP contribution in [0.1, 0.15) is 21.6 Å². The summed E-state index contributed by atoms with van der Waals surface area (Å²) in [5.41, 5.74) is 9.38. The fourth-order valence-corrected chi connectivity index (χ4v) is 3.43. The van der Waals surface area contributed by atoms with Crippen molar-refractivity contribution in [2.24, 2.45) is 0 Å². The number of ketones is 1. The Labute approximate surface area is 177 Å². The van der Waals surface area contributed by atoms with Gasteiger partial charge in [0.1, 0.15) is 17.5 Å². The molecule has 4 aromatic rings. The number of aromatic nitrogens is 1. The standard InChI is InChI=1S/C24H16N4O3/c25-14-20-21(17-10-12-19(13-11-17)28(30)31)22(27-24(20)26)23(29)18-8-6-16(7-9-18)15-4-2-1-3-5-15/h1-13,27H,26H2. The van der Waals surface area contributed by atoms with Gasteiger partial charge in [-0.15, -0.1) is 0 Å². The van der Waals surface area contributed by atoms with E-state index in [1.807, 2.05) is 48.5 Å². The van der Waals surface area contributed by atoms with Gasteiger partial charge in [-0.1, -0.05) is 54.6 Å². The van der Waals surface area contributed by atoms with Crippen LogP contribution in [0, 0.1) is 21.4 Å². The molecule has 0 saturated carbocycles. The average Bonchev–Trinajstić information content (AvgIpc) is 3.15. The highest BCUT2D eigenvalue weighted by Crippen LogP contribution is 2.34. The van der Waals surface area contributed by atoms with E-state index in [1.54, 1.807) is 12.1 Å². The van der Waals surface area contributed by atoms with Crippen LogP contribution in [0.2, 0.25) is 0 Å². The minimum absolute atomic E-state index is 0.0695. The molecule has 0 aliphatic rings. The third-order valence-corrected chi connectivity index (χ3v) is 4.99. The minimum atomic E-state index is -0.513. The van der Waals surface area contributed by atoms with Crippen LogP contribution in [0.4, 0.5) is 11.5 Å². The van der Waals surface area contributed by atoms with Crippen molar-refractivity contribution in [2.45, 2.75) is 0 Å². The summed E-state index contributed by atoms with van der Waals surface area (Å²) in [6, 6.07) is 24.6. The van der Waals surface area contributed by atoms with Gasteiger partial charge in [0, 0.05) is 23.3 Å². The average molecular weight is 408 g/mol. The second kappa shape index (κ2) is 7.97. The normalized spacial score (nSPS) is 10.4. The number of nitrogens with one attached hydrogen (secondary N) is 1. The lowest BCUT2D eigenvalue weighted by Crippen LogP contribution is -2.04. The first-order valence-corrected chi connectivity index (χ1v) is 9.36. The van der Waals surface area contributed by atoms with Crippen LogP contribution in [0.5, 0.6) is 0 Å². The molecule has 3 N–H and O–H groups in total. The van der Waals surface area contributed by atoms with Crippen molar-refractivity contribution < 1.29 is 9.72 Å². The molecule has 0 radical (unpaired) electrons. The number of hydrogen-bond acceptors (Lipinski definition) is 5. The second-order valence-corrected chi connectivity index (χ2v) is 6.85. The van der Waals surface area contributed by atoms with Crippen LogP contribution in [0.25, 0.3) is 22.3 Å². The van der Waals surface area contributed by atoms with Crippen molar-refractivity contribution in [3.8, 4) is 28.3 Å². The lowest BCUT2D eigenvalue weighted by molar-refractivity contribution is -0.384. The number of hydrogen-bond donors (Lipinski definition) is 2. The van der Waals surface area contributed by atoms with E-state index in [9.17, 15) is 20.2 Å². The molecule has 0 saturated heterocycles. The highest BCUT2D eigenvalue weighted by atomic mass is 16.6. The first-order valence-electron chi connectivity index (χ1n) is 9.36. The number of H-pyrrole nitrogens is 1. The Balaban J connectivity index is 1.75. The van der Waals surface area contributed by atoms with Gasteiger partial charge in [-0.05, 0) is 28.8 Å². The van der Waals surface area contributed by atoms with E-state index in [0.717, 1.165) is 11.1 Å². The zero-order valence-corrected chi connectivity index (χ0v) is 16.2.